The number of rotatable bonds is 6. The minimum Gasteiger partial charge on any atom is -0.462 e. The predicted octanol–water partition coefficient (Wildman–Crippen LogP) is 0.363. The Hall–Kier alpha value is -0.650. The van der Waals surface area contributed by atoms with Gasteiger partial charge < -0.3 is 9.47 Å². The first-order chi connectivity index (χ1) is 6.93. The van der Waals surface area contributed by atoms with Crippen LogP contribution in [0.15, 0.2) is 0 Å². The molecule has 0 saturated carbocycles. The summed E-state index contributed by atoms with van der Waals surface area (Å²) >= 11 is 0. The van der Waals surface area contributed by atoms with Gasteiger partial charge in [-0.15, -0.1) is 0 Å². The molecule has 0 saturated heterocycles. The molecule has 0 aromatic heterocycles. The van der Waals surface area contributed by atoms with E-state index in [-0.39, 0.29) is 5.97 Å². The van der Waals surface area contributed by atoms with E-state index in [0.717, 1.165) is 0 Å². The minimum absolute atomic E-state index is 0.343. The zero-order valence-electron chi connectivity index (χ0n) is 10.5. The molecule has 0 bridgehead atoms. The maximum Gasteiger partial charge on any atom is 0.370 e. The zero-order chi connectivity index (χ0) is 12.1. The van der Waals surface area contributed by atoms with Gasteiger partial charge in [-0.25, -0.2) is 4.79 Å². The fourth-order valence-electron chi connectivity index (χ4n) is 1.51. The molecule has 0 aliphatic carbocycles. The van der Waals surface area contributed by atoms with Gasteiger partial charge in [0, 0.05) is 6.61 Å². The molecule has 0 atom stereocenters. The first kappa shape index (κ1) is 14.3. The van der Waals surface area contributed by atoms with Crippen molar-refractivity contribution in [3.63, 3.8) is 0 Å². The monoisotopic (exact) mass is 218 g/mol. The van der Waals surface area contributed by atoms with Gasteiger partial charge in [0.2, 0.25) is 0 Å². The van der Waals surface area contributed by atoms with Crippen LogP contribution in [0.3, 0.4) is 0 Å². The zero-order valence-corrected chi connectivity index (χ0v) is 10.5. The summed E-state index contributed by atoms with van der Waals surface area (Å²) in [6.07, 6.45) is 0. The largest absolute Gasteiger partial charge is 0.462 e. The van der Waals surface area contributed by atoms with Crippen molar-refractivity contribution in [2.45, 2.75) is 19.7 Å². The number of ether oxygens (including phenoxy) is 2. The van der Waals surface area contributed by atoms with Crippen LogP contribution in [0.25, 0.3) is 0 Å². The molecule has 0 rings (SSSR count). The molecule has 5 nitrogen and oxygen atoms in total. The number of likely N-dealkylation sites (N-methyl/N-ethyl adjacent to an activating group) is 2. The predicted molar refractivity (Wildman–Crippen MR) is 58.4 cm³/mol. The van der Waals surface area contributed by atoms with Crippen LogP contribution in [0.5, 0.6) is 0 Å². The second kappa shape index (κ2) is 6.05. The summed E-state index contributed by atoms with van der Waals surface area (Å²) in [6, 6.07) is 0. The summed E-state index contributed by atoms with van der Waals surface area (Å²) < 4.78 is 10.6. The highest BCUT2D eigenvalue weighted by Crippen LogP contribution is 2.19. The number of hydrogen-bond donors (Lipinski definition) is 0. The van der Waals surface area contributed by atoms with Gasteiger partial charge in [0.05, 0.1) is 6.61 Å². The fraction of sp³-hybridized carbons (Fsp3) is 0.900. The van der Waals surface area contributed by atoms with Gasteiger partial charge in [-0.2, -0.15) is 0 Å². The lowest BCUT2D eigenvalue weighted by Gasteiger charge is -2.41. The van der Waals surface area contributed by atoms with E-state index >= 15 is 0 Å². The Bertz CT molecular complexity index is 197. The van der Waals surface area contributed by atoms with Crippen LogP contribution in [0, 0.1) is 0 Å². The Balaban J connectivity index is 5.02. The molecule has 0 N–H and O–H groups in total. The Morgan fingerprint density at radius 1 is 1.07 bits per heavy atom. The third-order valence-corrected chi connectivity index (χ3v) is 2.10. The van der Waals surface area contributed by atoms with E-state index in [1.807, 2.05) is 6.92 Å². The summed E-state index contributed by atoms with van der Waals surface area (Å²) in [7, 11) is 7.14. The Labute approximate surface area is 91.9 Å². The van der Waals surface area contributed by atoms with Gasteiger partial charge in [0.15, 0.2) is 0 Å². The molecule has 0 aliphatic heterocycles. The van der Waals surface area contributed by atoms with Gasteiger partial charge in [0.25, 0.3) is 5.85 Å². The number of carbonyl (C=O) groups is 1. The quantitative estimate of drug-likeness (QED) is 0.476. The summed E-state index contributed by atoms with van der Waals surface area (Å²) in [5.74, 6) is -1.52. The Kier molecular flexibility index (Phi) is 5.79. The van der Waals surface area contributed by atoms with Crippen molar-refractivity contribution in [1.29, 1.82) is 0 Å². The van der Waals surface area contributed by atoms with Crippen molar-refractivity contribution >= 4 is 5.97 Å². The molecule has 0 spiro atoms. The highest BCUT2D eigenvalue weighted by atomic mass is 16.6. The highest BCUT2D eigenvalue weighted by molar-refractivity contribution is 5.78. The average molecular weight is 218 g/mol. The van der Waals surface area contributed by atoms with Crippen LogP contribution in [-0.2, 0) is 14.3 Å². The number of hydrogen-bond acceptors (Lipinski definition) is 5. The van der Waals surface area contributed by atoms with Crippen molar-refractivity contribution in [3.05, 3.63) is 0 Å². The normalized spacial score (nSPS) is 12.3. The van der Waals surface area contributed by atoms with Crippen molar-refractivity contribution in [2.24, 2.45) is 0 Å². The lowest BCUT2D eigenvalue weighted by molar-refractivity contribution is -0.236. The fourth-order valence-corrected chi connectivity index (χ4v) is 1.51. The summed E-state index contributed by atoms with van der Waals surface area (Å²) in [6.45, 7) is 4.41. The maximum absolute atomic E-state index is 11.9. The number of carbonyl (C=O) groups excluding carboxylic acids is 1. The topological polar surface area (TPSA) is 42.0 Å². The second-order valence-corrected chi connectivity index (χ2v) is 3.55. The smallest absolute Gasteiger partial charge is 0.370 e. The van der Waals surface area contributed by atoms with E-state index < -0.39 is 5.85 Å². The Morgan fingerprint density at radius 2 is 1.53 bits per heavy atom. The van der Waals surface area contributed by atoms with Gasteiger partial charge in [-0.05, 0) is 42.0 Å². The first-order valence-electron chi connectivity index (χ1n) is 5.09. The third-order valence-electron chi connectivity index (χ3n) is 2.10. The van der Waals surface area contributed by atoms with E-state index in [9.17, 15) is 4.79 Å². The van der Waals surface area contributed by atoms with E-state index in [4.69, 9.17) is 9.47 Å². The standard InChI is InChI=1S/C10H22N2O3/c1-7-14-9(13)10(11(3)4,12(5)6)15-8-2/h7-8H2,1-6H3. The molecule has 0 heterocycles. The molecular formula is C10H22N2O3. The van der Waals surface area contributed by atoms with Crippen molar-refractivity contribution in [3.8, 4) is 0 Å². The summed E-state index contributed by atoms with van der Waals surface area (Å²) in [4.78, 5) is 15.3. The van der Waals surface area contributed by atoms with Crippen LogP contribution >= 0.6 is 0 Å². The molecule has 15 heavy (non-hydrogen) atoms. The van der Waals surface area contributed by atoms with Gasteiger partial charge in [0.1, 0.15) is 0 Å². The van der Waals surface area contributed by atoms with Crippen LogP contribution in [-0.4, -0.2) is 63.0 Å². The molecular weight excluding hydrogens is 196 g/mol. The van der Waals surface area contributed by atoms with E-state index in [0.29, 0.717) is 13.2 Å². The molecule has 0 aromatic rings. The highest BCUT2D eigenvalue weighted by Gasteiger charge is 2.46. The minimum atomic E-state index is -1.13. The number of esters is 1. The SMILES string of the molecule is CCOC(=O)C(OCC)(N(C)C)N(C)C. The van der Waals surface area contributed by atoms with E-state index in [1.54, 1.807) is 44.9 Å². The first-order valence-corrected chi connectivity index (χ1v) is 5.09. The second-order valence-electron chi connectivity index (χ2n) is 3.55. The maximum atomic E-state index is 11.9. The summed E-state index contributed by atoms with van der Waals surface area (Å²) in [5.41, 5.74) is 0. The van der Waals surface area contributed by atoms with E-state index in [2.05, 4.69) is 0 Å². The molecule has 0 aromatic carbocycles. The van der Waals surface area contributed by atoms with Gasteiger partial charge in [-0.3, -0.25) is 9.80 Å². The summed E-state index contributed by atoms with van der Waals surface area (Å²) in [5, 5.41) is 0. The van der Waals surface area contributed by atoms with Crippen LogP contribution in [0.4, 0.5) is 0 Å². The van der Waals surface area contributed by atoms with Gasteiger partial charge in [-0.1, -0.05) is 0 Å². The molecule has 5 heteroatoms. The molecule has 90 valence electrons. The van der Waals surface area contributed by atoms with Crippen LogP contribution in [0.1, 0.15) is 13.8 Å². The lowest BCUT2D eigenvalue weighted by Crippen LogP contribution is -2.63. The van der Waals surface area contributed by atoms with Crippen molar-refractivity contribution in [1.82, 2.24) is 9.80 Å². The Morgan fingerprint density at radius 3 is 1.80 bits per heavy atom. The molecule has 0 amide bonds. The average Bonchev–Trinajstić information content (AvgIpc) is 2.13. The van der Waals surface area contributed by atoms with Crippen LogP contribution in [0.2, 0.25) is 0 Å². The molecule has 0 unspecified atom stereocenters. The lowest BCUT2D eigenvalue weighted by atomic mass is 10.3. The molecule has 0 radical (unpaired) electrons. The molecule has 0 fully saturated rings. The van der Waals surface area contributed by atoms with Crippen molar-refractivity contribution in [2.75, 3.05) is 41.4 Å². The van der Waals surface area contributed by atoms with E-state index in [1.165, 1.54) is 0 Å². The van der Waals surface area contributed by atoms with Crippen molar-refractivity contribution < 1.29 is 14.3 Å². The van der Waals surface area contributed by atoms with Gasteiger partial charge >= 0.3 is 5.97 Å². The third kappa shape index (κ3) is 2.90. The number of nitrogens with zero attached hydrogens (tertiary/aromatic N) is 2. The molecule has 0 aliphatic rings. The van der Waals surface area contributed by atoms with Crippen LogP contribution < -0.4 is 0 Å².